The van der Waals surface area contributed by atoms with E-state index in [9.17, 15) is 4.79 Å². The van der Waals surface area contributed by atoms with Crippen molar-refractivity contribution in [2.24, 2.45) is 0 Å². The number of hydrogen-bond donors (Lipinski definition) is 2. The minimum Gasteiger partial charge on any atom is -0.368 e. The first-order chi connectivity index (χ1) is 16.7. The molecule has 1 saturated carbocycles. The number of fused-ring (bicyclic) bond motifs is 2. The van der Waals surface area contributed by atoms with E-state index >= 15 is 0 Å². The Bertz CT molecular complexity index is 1600. The molecule has 7 rings (SSSR count). The summed E-state index contributed by atoms with van der Waals surface area (Å²) in [5.41, 5.74) is 9.80. The summed E-state index contributed by atoms with van der Waals surface area (Å²) in [7, 11) is 0. The average Bonchev–Trinajstić information content (AvgIpc) is 3.23. The molecule has 0 bridgehead atoms. The van der Waals surface area contributed by atoms with E-state index in [0.29, 0.717) is 34.2 Å². The fourth-order valence-electron chi connectivity index (χ4n) is 5.20. The van der Waals surface area contributed by atoms with Gasteiger partial charge in [0, 0.05) is 12.7 Å². The van der Waals surface area contributed by atoms with Crippen LogP contribution in [0.2, 0.25) is 0 Å². The number of nitrogens with two attached hydrogens (primary N) is 1. The lowest BCUT2D eigenvalue weighted by Gasteiger charge is -2.27. The Hall–Kier alpha value is -4.21. The van der Waals surface area contributed by atoms with Gasteiger partial charge in [-0.25, -0.2) is 9.50 Å². The van der Waals surface area contributed by atoms with Crippen molar-refractivity contribution in [2.45, 2.75) is 37.6 Å². The van der Waals surface area contributed by atoms with Gasteiger partial charge in [-0.1, -0.05) is 18.2 Å². The summed E-state index contributed by atoms with van der Waals surface area (Å²) in [6.45, 7) is 0.755. The van der Waals surface area contributed by atoms with Crippen molar-refractivity contribution in [2.75, 3.05) is 17.2 Å². The third-order valence-corrected chi connectivity index (χ3v) is 6.88. The summed E-state index contributed by atoms with van der Waals surface area (Å²) < 4.78 is 3.54. The number of nitrogens with one attached hydrogen (secondary N) is 1. The van der Waals surface area contributed by atoms with Crippen molar-refractivity contribution in [1.82, 2.24) is 34.1 Å². The van der Waals surface area contributed by atoms with E-state index < -0.39 is 0 Å². The number of benzene rings is 1. The number of aromatic nitrogens is 7. The number of anilines is 2. The van der Waals surface area contributed by atoms with E-state index in [1.54, 1.807) is 15.4 Å². The molecule has 1 atom stereocenters. The molecule has 0 unspecified atom stereocenters. The maximum absolute atomic E-state index is 14.0. The Labute approximate surface area is 194 Å². The van der Waals surface area contributed by atoms with Crippen LogP contribution in [0.3, 0.4) is 0 Å². The van der Waals surface area contributed by atoms with Crippen molar-refractivity contribution in [3.63, 3.8) is 0 Å². The van der Waals surface area contributed by atoms with E-state index in [0.717, 1.165) is 43.5 Å². The third-order valence-electron chi connectivity index (χ3n) is 6.88. The highest BCUT2D eigenvalue weighted by Crippen LogP contribution is 2.42. The van der Waals surface area contributed by atoms with Gasteiger partial charge >= 0.3 is 0 Å². The molecule has 0 radical (unpaired) electrons. The van der Waals surface area contributed by atoms with Gasteiger partial charge in [-0.15, -0.1) is 0 Å². The molecule has 1 aliphatic carbocycles. The molecular weight excluding hydrogens is 430 g/mol. The van der Waals surface area contributed by atoms with Gasteiger partial charge < -0.3 is 15.6 Å². The summed E-state index contributed by atoms with van der Waals surface area (Å²) >= 11 is 0. The monoisotopic (exact) mass is 453 g/mol. The normalized spacial score (nSPS) is 18.4. The smallest absolute Gasteiger partial charge is 0.282 e. The van der Waals surface area contributed by atoms with E-state index in [-0.39, 0.29) is 17.5 Å². The quantitative estimate of drug-likeness (QED) is 0.429. The Kier molecular flexibility index (Phi) is 4.05. The molecule has 34 heavy (non-hydrogen) atoms. The van der Waals surface area contributed by atoms with Crippen LogP contribution in [0.5, 0.6) is 0 Å². The molecule has 170 valence electrons. The Morgan fingerprint density at radius 2 is 1.91 bits per heavy atom. The Morgan fingerprint density at radius 1 is 1.06 bits per heavy atom. The van der Waals surface area contributed by atoms with Crippen LogP contribution in [0.25, 0.3) is 22.4 Å². The zero-order valence-electron chi connectivity index (χ0n) is 18.4. The number of nitrogen functional groups attached to an aromatic ring is 1. The van der Waals surface area contributed by atoms with Gasteiger partial charge in [0.1, 0.15) is 5.52 Å². The molecule has 2 fully saturated rings. The summed E-state index contributed by atoms with van der Waals surface area (Å²) in [6, 6.07) is 11.6. The lowest BCUT2D eigenvalue weighted by molar-refractivity contribution is 0.601. The second kappa shape index (κ2) is 7.14. The van der Waals surface area contributed by atoms with Crippen LogP contribution in [0, 0.1) is 0 Å². The molecule has 2 aliphatic rings. The van der Waals surface area contributed by atoms with Crippen molar-refractivity contribution in [3.8, 4) is 5.69 Å². The second-order valence-corrected chi connectivity index (χ2v) is 9.03. The highest BCUT2D eigenvalue weighted by atomic mass is 16.1. The number of H-pyrrole nitrogens is 1. The van der Waals surface area contributed by atoms with Gasteiger partial charge in [0.25, 0.3) is 5.56 Å². The summed E-state index contributed by atoms with van der Waals surface area (Å²) in [4.78, 5) is 32.4. The van der Waals surface area contributed by atoms with Gasteiger partial charge in [0.2, 0.25) is 5.95 Å². The molecular formula is C24H23N9O. The van der Waals surface area contributed by atoms with E-state index in [1.165, 1.54) is 0 Å². The molecule has 1 aliphatic heterocycles. The number of hydrogen-bond acceptors (Lipinski definition) is 7. The number of nitrogens with zero attached hydrogens (tertiary/aromatic N) is 7. The molecule has 4 aromatic heterocycles. The summed E-state index contributed by atoms with van der Waals surface area (Å²) in [5.74, 6) is 1.97. The van der Waals surface area contributed by atoms with Gasteiger partial charge in [0.15, 0.2) is 22.8 Å². The standard InChI is InChI=1S/C24H23N9O/c25-24-28-20-18(26-13-27-20)22(29-24)31-11-4-7-17(31)21-30-32-12-10-16(14-8-9-14)19(32)23(34)33(21)15-5-2-1-3-6-15/h1-3,5-6,10,12-14,17H,4,7-9,11H2,(H3,25,26,27,28,29)/t17-/m0/s1. The van der Waals surface area contributed by atoms with Crippen molar-refractivity contribution in [3.05, 3.63) is 70.7 Å². The van der Waals surface area contributed by atoms with Crippen LogP contribution in [0.1, 0.15) is 49.0 Å². The van der Waals surface area contributed by atoms with Crippen LogP contribution in [0.15, 0.2) is 53.7 Å². The largest absolute Gasteiger partial charge is 0.368 e. The first-order valence-electron chi connectivity index (χ1n) is 11.6. The van der Waals surface area contributed by atoms with E-state index in [2.05, 4.69) is 24.8 Å². The first kappa shape index (κ1) is 19.3. The number of imidazole rings is 1. The van der Waals surface area contributed by atoms with Crippen LogP contribution in [-0.2, 0) is 0 Å². The van der Waals surface area contributed by atoms with Gasteiger partial charge in [-0.3, -0.25) is 9.36 Å². The van der Waals surface area contributed by atoms with E-state index in [4.69, 9.17) is 10.8 Å². The summed E-state index contributed by atoms with van der Waals surface area (Å²) in [5, 5.41) is 5.03. The third kappa shape index (κ3) is 2.84. The minimum atomic E-state index is -0.168. The summed E-state index contributed by atoms with van der Waals surface area (Å²) in [6.07, 6.45) is 7.52. The van der Waals surface area contributed by atoms with Crippen LogP contribution >= 0.6 is 0 Å². The molecule has 1 aromatic carbocycles. The molecule has 0 amide bonds. The van der Waals surface area contributed by atoms with Gasteiger partial charge in [-0.05, 0) is 55.4 Å². The maximum Gasteiger partial charge on any atom is 0.282 e. The second-order valence-electron chi connectivity index (χ2n) is 9.03. The Balaban J connectivity index is 1.47. The number of aromatic amines is 1. The molecule has 5 aromatic rings. The lowest BCUT2D eigenvalue weighted by Crippen LogP contribution is -2.33. The van der Waals surface area contributed by atoms with Crippen LogP contribution < -0.4 is 16.2 Å². The lowest BCUT2D eigenvalue weighted by atomic mass is 10.1. The Morgan fingerprint density at radius 3 is 2.74 bits per heavy atom. The van der Waals surface area contributed by atoms with Gasteiger partial charge in [-0.2, -0.15) is 15.1 Å². The molecule has 0 spiro atoms. The zero-order valence-corrected chi connectivity index (χ0v) is 18.4. The van der Waals surface area contributed by atoms with Crippen molar-refractivity contribution in [1.29, 1.82) is 0 Å². The van der Waals surface area contributed by atoms with Crippen LogP contribution in [0.4, 0.5) is 11.8 Å². The molecule has 10 nitrogen and oxygen atoms in total. The molecule has 10 heteroatoms. The first-order valence-corrected chi connectivity index (χ1v) is 11.6. The molecule has 3 N–H and O–H groups in total. The van der Waals surface area contributed by atoms with Crippen molar-refractivity contribution >= 4 is 28.4 Å². The topological polar surface area (TPSA) is 123 Å². The highest BCUT2D eigenvalue weighted by molar-refractivity contribution is 5.84. The molecule has 5 heterocycles. The maximum atomic E-state index is 14.0. The van der Waals surface area contributed by atoms with E-state index in [1.807, 2.05) is 42.6 Å². The highest BCUT2D eigenvalue weighted by Gasteiger charge is 2.35. The SMILES string of the molecule is Nc1nc(N2CCC[C@H]2c2nn3ccc(C4CC4)c3c(=O)n2-c2ccccc2)c2nc[nH]c2n1. The number of rotatable bonds is 4. The number of para-hydroxylation sites is 1. The average molecular weight is 454 g/mol. The zero-order chi connectivity index (χ0) is 22.8. The van der Waals surface area contributed by atoms with Gasteiger partial charge in [0.05, 0.1) is 18.1 Å². The predicted octanol–water partition coefficient (Wildman–Crippen LogP) is 2.95. The fraction of sp³-hybridized carbons (Fsp3) is 0.292. The minimum absolute atomic E-state index is 0.0398. The van der Waals surface area contributed by atoms with Crippen molar-refractivity contribution < 1.29 is 0 Å². The molecule has 1 saturated heterocycles. The predicted molar refractivity (Wildman–Crippen MR) is 128 cm³/mol. The van der Waals surface area contributed by atoms with Crippen LogP contribution in [-0.4, -0.2) is 40.7 Å². The fourth-order valence-corrected chi connectivity index (χ4v) is 5.20.